The second-order valence-electron chi connectivity index (χ2n) is 9.09. The van der Waals surface area contributed by atoms with E-state index in [1.165, 1.54) is 7.11 Å². The number of nitrogens with zero attached hydrogens (tertiary/aromatic N) is 2. The van der Waals surface area contributed by atoms with Gasteiger partial charge >= 0.3 is 0 Å². The molecule has 10 heteroatoms. The molecule has 1 amide bonds. The van der Waals surface area contributed by atoms with Crippen LogP contribution in [0.4, 0.5) is 5.69 Å². The predicted molar refractivity (Wildman–Crippen MR) is 136 cm³/mol. The standard InChI is InChI=1S/C27H23ClN4O5/c1-15-23(25(32(34)35)27(31-15)19-9-5-6-10-21(19)30-26(27)33)18-11-20(28)24(22(12-18)36-2)37-14-17-8-4-3-7-16(17)13-29/h3-12,15,23,25,31H,14H2,1-2H3,(H,30,33)/t15-,23-,25+,27+/m0/s1. The molecule has 0 unspecified atom stereocenters. The number of nitriles is 1. The highest BCUT2D eigenvalue weighted by Crippen LogP contribution is 2.51. The fourth-order valence-electron chi connectivity index (χ4n) is 5.53. The number of benzene rings is 3. The zero-order valence-corrected chi connectivity index (χ0v) is 20.8. The molecule has 0 bridgehead atoms. The Hall–Kier alpha value is -4.13. The third-order valence-electron chi connectivity index (χ3n) is 7.11. The summed E-state index contributed by atoms with van der Waals surface area (Å²) in [6.45, 7) is 1.89. The van der Waals surface area contributed by atoms with E-state index >= 15 is 0 Å². The molecule has 2 aliphatic rings. The number of anilines is 1. The van der Waals surface area contributed by atoms with Crippen LogP contribution in [0.25, 0.3) is 0 Å². The van der Waals surface area contributed by atoms with Gasteiger partial charge in [0.15, 0.2) is 17.0 Å². The number of hydrogen-bond acceptors (Lipinski definition) is 7. The van der Waals surface area contributed by atoms with Crippen LogP contribution in [-0.4, -0.2) is 30.0 Å². The van der Waals surface area contributed by atoms with Crippen molar-refractivity contribution in [2.75, 3.05) is 12.4 Å². The van der Waals surface area contributed by atoms with Gasteiger partial charge in [0.1, 0.15) is 6.61 Å². The topological polar surface area (TPSA) is 127 Å². The van der Waals surface area contributed by atoms with Gasteiger partial charge in [-0.1, -0.05) is 48.0 Å². The van der Waals surface area contributed by atoms with E-state index < -0.39 is 34.4 Å². The number of methoxy groups -OCH3 is 1. The number of rotatable bonds is 6. The lowest BCUT2D eigenvalue weighted by Crippen LogP contribution is -2.54. The minimum atomic E-state index is -1.53. The van der Waals surface area contributed by atoms with Gasteiger partial charge in [-0.25, -0.2) is 0 Å². The van der Waals surface area contributed by atoms with Crippen LogP contribution in [0.5, 0.6) is 11.5 Å². The average molecular weight is 519 g/mol. The molecule has 3 aromatic rings. The molecule has 1 spiro atoms. The van der Waals surface area contributed by atoms with Crippen LogP contribution in [0.3, 0.4) is 0 Å². The quantitative estimate of drug-likeness (QED) is 0.366. The van der Waals surface area contributed by atoms with Crippen molar-refractivity contribution in [2.45, 2.75) is 37.1 Å². The second kappa shape index (κ2) is 9.39. The number of fused-ring (bicyclic) bond motifs is 2. The van der Waals surface area contributed by atoms with Crippen molar-refractivity contribution >= 4 is 23.2 Å². The third-order valence-corrected chi connectivity index (χ3v) is 7.39. The van der Waals surface area contributed by atoms with Crippen LogP contribution in [0, 0.1) is 21.4 Å². The fourth-order valence-corrected chi connectivity index (χ4v) is 5.80. The molecule has 1 saturated heterocycles. The van der Waals surface area contributed by atoms with Crippen LogP contribution >= 0.6 is 11.6 Å². The number of halogens is 1. The fraction of sp³-hybridized carbons (Fsp3) is 0.259. The maximum atomic E-state index is 13.2. The first-order chi connectivity index (χ1) is 17.8. The molecule has 0 radical (unpaired) electrons. The number of carbonyl (C=O) groups is 1. The first-order valence-electron chi connectivity index (χ1n) is 11.6. The number of nitrogens with one attached hydrogen (secondary N) is 2. The third kappa shape index (κ3) is 3.86. The Morgan fingerprint density at radius 3 is 2.65 bits per heavy atom. The van der Waals surface area contributed by atoms with Crippen molar-refractivity contribution in [1.29, 1.82) is 5.26 Å². The van der Waals surface area contributed by atoms with E-state index in [0.717, 1.165) is 0 Å². The molecular weight excluding hydrogens is 496 g/mol. The Morgan fingerprint density at radius 2 is 1.92 bits per heavy atom. The van der Waals surface area contributed by atoms with E-state index in [0.29, 0.717) is 33.7 Å². The van der Waals surface area contributed by atoms with E-state index in [9.17, 15) is 20.2 Å². The first-order valence-corrected chi connectivity index (χ1v) is 12.0. The molecular formula is C27H23ClN4O5. The normalized spacial score (nSPS) is 23.8. The summed E-state index contributed by atoms with van der Waals surface area (Å²) >= 11 is 6.63. The van der Waals surface area contributed by atoms with E-state index in [2.05, 4.69) is 16.7 Å². The molecule has 0 saturated carbocycles. The number of nitro groups is 1. The Morgan fingerprint density at radius 1 is 1.19 bits per heavy atom. The van der Waals surface area contributed by atoms with Gasteiger partial charge < -0.3 is 14.8 Å². The monoisotopic (exact) mass is 518 g/mol. The summed E-state index contributed by atoms with van der Waals surface area (Å²) in [4.78, 5) is 25.4. The largest absolute Gasteiger partial charge is 0.493 e. The molecule has 1 fully saturated rings. The summed E-state index contributed by atoms with van der Waals surface area (Å²) in [5, 5.41) is 28.1. The molecule has 2 aliphatic heterocycles. The average Bonchev–Trinajstić information content (AvgIpc) is 3.36. The Labute approximate surface area is 218 Å². The van der Waals surface area contributed by atoms with Crippen LogP contribution in [0.15, 0.2) is 60.7 Å². The van der Waals surface area contributed by atoms with Crippen molar-refractivity contribution in [1.82, 2.24) is 5.32 Å². The summed E-state index contributed by atoms with van der Waals surface area (Å²) in [5.41, 5.74) is 1.28. The van der Waals surface area contributed by atoms with Crippen molar-refractivity contribution in [3.8, 4) is 17.6 Å². The molecule has 0 aliphatic carbocycles. The SMILES string of the molecule is COc1cc([C@@H]2[C@H](C)N[C@@]3(C(=O)Nc4ccccc43)[C@@H]2[N+](=O)[O-])cc(Cl)c1OCc1ccccc1C#N. The molecule has 188 valence electrons. The zero-order chi connectivity index (χ0) is 26.3. The highest BCUT2D eigenvalue weighted by atomic mass is 35.5. The Balaban J connectivity index is 1.54. The number of ether oxygens (including phenoxy) is 2. The smallest absolute Gasteiger partial charge is 0.256 e. The van der Waals surface area contributed by atoms with E-state index in [1.54, 1.807) is 60.7 Å². The van der Waals surface area contributed by atoms with Crippen LogP contribution in [0.1, 0.15) is 35.1 Å². The Bertz CT molecular complexity index is 1450. The van der Waals surface area contributed by atoms with E-state index in [1.807, 2.05) is 6.92 Å². The zero-order valence-electron chi connectivity index (χ0n) is 20.0. The number of carbonyl (C=O) groups excluding carboxylic acids is 1. The van der Waals surface area contributed by atoms with Gasteiger partial charge in [-0.15, -0.1) is 0 Å². The molecule has 4 atom stereocenters. The summed E-state index contributed by atoms with van der Waals surface area (Å²) in [6, 6.07) is 17.7. The molecule has 2 heterocycles. The van der Waals surface area contributed by atoms with Gasteiger partial charge in [0.05, 0.1) is 29.7 Å². The minimum Gasteiger partial charge on any atom is -0.493 e. The van der Waals surface area contributed by atoms with Gasteiger partial charge in [-0.3, -0.25) is 20.2 Å². The van der Waals surface area contributed by atoms with Crippen LogP contribution in [0.2, 0.25) is 5.02 Å². The summed E-state index contributed by atoms with van der Waals surface area (Å²) in [7, 11) is 1.45. The Kier molecular flexibility index (Phi) is 6.23. The van der Waals surface area contributed by atoms with Gasteiger partial charge in [0.25, 0.3) is 11.9 Å². The minimum absolute atomic E-state index is 0.0815. The maximum absolute atomic E-state index is 13.2. The van der Waals surface area contributed by atoms with E-state index in [4.69, 9.17) is 21.1 Å². The van der Waals surface area contributed by atoms with Crippen LogP contribution in [-0.2, 0) is 16.9 Å². The molecule has 3 aromatic carbocycles. The lowest BCUT2D eigenvalue weighted by Gasteiger charge is -2.25. The number of para-hydroxylation sites is 1. The molecule has 9 nitrogen and oxygen atoms in total. The highest BCUT2D eigenvalue weighted by molar-refractivity contribution is 6.32. The van der Waals surface area contributed by atoms with Gasteiger partial charge in [-0.2, -0.15) is 5.26 Å². The van der Waals surface area contributed by atoms with Gasteiger partial charge in [0, 0.05) is 27.8 Å². The van der Waals surface area contributed by atoms with E-state index in [-0.39, 0.29) is 17.4 Å². The van der Waals surface area contributed by atoms with Crippen LogP contribution < -0.4 is 20.1 Å². The van der Waals surface area contributed by atoms with Crippen molar-refractivity contribution in [3.05, 3.63) is 98.1 Å². The molecule has 0 aromatic heterocycles. The van der Waals surface area contributed by atoms with Gasteiger partial charge in [0.2, 0.25) is 0 Å². The first kappa shape index (κ1) is 24.6. The lowest BCUT2D eigenvalue weighted by atomic mass is 9.78. The summed E-state index contributed by atoms with van der Waals surface area (Å²) in [5.74, 6) is -0.607. The summed E-state index contributed by atoms with van der Waals surface area (Å²) in [6.07, 6.45) is 0. The van der Waals surface area contributed by atoms with Crippen molar-refractivity contribution in [3.63, 3.8) is 0 Å². The molecule has 37 heavy (non-hydrogen) atoms. The second-order valence-corrected chi connectivity index (χ2v) is 9.50. The molecule has 2 N–H and O–H groups in total. The predicted octanol–water partition coefficient (Wildman–Crippen LogP) is 4.37. The van der Waals surface area contributed by atoms with Gasteiger partial charge in [-0.05, 0) is 36.8 Å². The van der Waals surface area contributed by atoms with Crippen molar-refractivity contribution < 1.29 is 19.2 Å². The van der Waals surface area contributed by atoms with Crippen molar-refractivity contribution in [2.24, 2.45) is 0 Å². The maximum Gasteiger partial charge on any atom is 0.256 e. The summed E-state index contributed by atoms with van der Waals surface area (Å²) < 4.78 is 11.5. The lowest BCUT2D eigenvalue weighted by molar-refractivity contribution is -0.532. The number of amides is 1. The molecule has 5 rings (SSSR count). The highest BCUT2D eigenvalue weighted by Gasteiger charge is 2.67. The number of hydrogen-bond donors (Lipinski definition) is 2.